The largest absolute Gasteiger partial charge is 0.392 e. The van der Waals surface area contributed by atoms with Crippen LogP contribution in [0.5, 0.6) is 0 Å². The van der Waals surface area contributed by atoms with Gasteiger partial charge in [-0.25, -0.2) is 0 Å². The lowest BCUT2D eigenvalue weighted by atomic mass is 9.80. The smallest absolute Gasteiger partial charge is 0.391 e. The van der Waals surface area contributed by atoms with Crippen molar-refractivity contribution >= 4 is 23.1 Å². The number of thiocarbonyl (C=S) groups is 1. The summed E-state index contributed by atoms with van der Waals surface area (Å²) in [5, 5.41) is 0. The van der Waals surface area contributed by atoms with E-state index in [1.165, 1.54) is 0 Å². The van der Waals surface area contributed by atoms with Crippen molar-refractivity contribution in [1.29, 1.82) is 0 Å². The summed E-state index contributed by atoms with van der Waals surface area (Å²) in [6.07, 6.45) is -0.779. The zero-order valence-electron chi connectivity index (χ0n) is 11.9. The summed E-state index contributed by atoms with van der Waals surface area (Å²) in [7, 11) is 0. The molecule has 1 atom stereocenters. The maximum absolute atomic E-state index is 12.7. The Morgan fingerprint density at radius 1 is 1.10 bits per heavy atom. The van der Waals surface area contributed by atoms with Crippen molar-refractivity contribution in [2.75, 3.05) is 6.54 Å². The first-order valence-electron chi connectivity index (χ1n) is 7.47. The highest BCUT2D eigenvalue weighted by molar-refractivity contribution is 7.80. The van der Waals surface area contributed by atoms with Gasteiger partial charge in [0, 0.05) is 12.5 Å². The van der Waals surface area contributed by atoms with Crippen LogP contribution in [0.4, 0.5) is 13.2 Å². The van der Waals surface area contributed by atoms with E-state index < -0.39 is 12.1 Å². The molecule has 1 amide bonds. The van der Waals surface area contributed by atoms with Crippen LogP contribution in [0.25, 0.3) is 0 Å². The normalized spacial score (nSPS) is 31.0. The van der Waals surface area contributed by atoms with Gasteiger partial charge >= 0.3 is 6.18 Å². The first-order valence-corrected chi connectivity index (χ1v) is 7.88. The van der Waals surface area contributed by atoms with Crippen LogP contribution in [0.2, 0.25) is 0 Å². The molecule has 0 bridgehead atoms. The monoisotopic (exact) mass is 322 g/mol. The molecule has 0 aromatic carbocycles. The number of hydrogen-bond acceptors (Lipinski definition) is 2. The number of rotatable bonds is 2. The molecule has 21 heavy (non-hydrogen) atoms. The van der Waals surface area contributed by atoms with Gasteiger partial charge in [0.2, 0.25) is 5.91 Å². The summed E-state index contributed by atoms with van der Waals surface area (Å²) in [5.41, 5.74) is 5.69. The molecule has 1 unspecified atom stereocenters. The number of carbonyl (C=O) groups is 1. The Labute approximate surface area is 128 Å². The van der Waals surface area contributed by atoms with Crippen LogP contribution in [-0.2, 0) is 4.79 Å². The first kappa shape index (κ1) is 16.5. The number of piperidine rings is 1. The van der Waals surface area contributed by atoms with Crippen molar-refractivity contribution < 1.29 is 18.0 Å². The van der Waals surface area contributed by atoms with Crippen molar-refractivity contribution in [2.24, 2.45) is 17.6 Å². The zero-order chi connectivity index (χ0) is 15.6. The van der Waals surface area contributed by atoms with Gasteiger partial charge in [-0.1, -0.05) is 12.2 Å². The third-order valence-electron chi connectivity index (χ3n) is 4.65. The van der Waals surface area contributed by atoms with E-state index in [0.717, 1.165) is 19.3 Å². The van der Waals surface area contributed by atoms with E-state index in [0.29, 0.717) is 24.4 Å². The number of nitrogens with zero attached hydrogens (tertiary/aromatic N) is 1. The maximum Gasteiger partial charge on any atom is 0.391 e. The minimum atomic E-state index is -4.14. The average Bonchev–Trinajstić information content (AvgIpc) is 2.45. The van der Waals surface area contributed by atoms with E-state index in [2.05, 4.69) is 0 Å². The lowest BCUT2D eigenvalue weighted by molar-refractivity contribution is -0.185. The number of nitrogens with two attached hydrogens (primary N) is 1. The predicted molar refractivity (Wildman–Crippen MR) is 77.6 cm³/mol. The molecule has 1 heterocycles. The molecule has 3 nitrogen and oxygen atoms in total. The Kier molecular flexibility index (Phi) is 5.11. The number of hydrogen-bond donors (Lipinski definition) is 1. The minimum absolute atomic E-state index is 0.0471. The molecule has 2 fully saturated rings. The molecule has 2 rings (SSSR count). The van der Waals surface area contributed by atoms with Crippen molar-refractivity contribution in [3.05, 3.63) is 0 Å². The molecule has 1 aliphatic carbocycles. The van der Waals surface area contributed by atoms with E-state index in [4.69, 9.17) is 18.0 Å². The van der Waals surface area contributed by atoms with Crippen LogP contribution in [0.3, 0.4) is 0 Å². The molecule has 0 radical (unpaired) electrons. The Hall–Kier alpha value is -0.850. The maximum atomic E-state index is 12.7. The highest BCUT2D eigenvalue weighted by Crippen LogP contribution is 2.40. The van der Waals surface area contributed by atoms with Gasteiger partial charge < -0.3 is 10.6 Å². The molecule has 0 aromatic heterocycles. The SMILES string of the molecule is NC(=S)C1CCCCN1C(=O)C1CCC(C(F)(F)F)CC1. The third kappa shape index (κ3) is 3.87. The zero-order valence-corrected chi connectivity index (χ0v) is 12.7. The van der Waals surface area contributed by atoms with Crippen LogP contribution < -0.4 is 5.73 Å². The first-order chi connectivity index (χ1) is 9.80. The van der Waals surface area contributed by atoms with Crippen molar-refractivity contribution in [2.45, 2.75) is 57.2 Å². The fraction of sp³-hybridized carbons (Fsp3) is 0.857. The molecular formula is C14H21F3N2OS. The van der Waals surface area contributed by atoms with Gasteiger partial charge in [-0.05, 0) is 44.9 Å². The second-order valence-electron chi connectivity index (χ2n) is 6.04. The van der Waals surface area contributed by atoms with E-state index >= 15 is 0 Å². The van der Waals surface area contributed by atoms with Gasteiger partial charge in [-0.2, -0.15) is 13.2 Å². The average molecular weight is 322 g/mol. The topological polar surface area (TPSA) is 46.3 Å². The highest BCUT2D eigenvalue weighted by Gasteiger charge is 2.43. The molecular weight excluding hydrogens is 301 g/mol. The summed E-state index contributed by atoms with van der Waals surface area (Å²) < 4.78 is 38.0. The molecule has 1 aliphatic heterocycles. The summed E-state index contributed by atoms with van der Waals surface area (Å²) >= 11 is 5.02. The van der Waals surface area contributed by atoms with Crippen LogP contribution in [0.15, 0.2) is 0 Å². The molecule has 2 N–H and O–H groups in total. The third-order valence-corrected chi connectivity index (χ3v) is 4.93. The van der Waals surface area contributed by atoms with E-state index in [-0.39, 0.29) is 30.7 Å². The molecule has 120 valence electrons. The van der Waals surface area contributed by atoms with Crippen molar-refractivity contribution in [3.8, 4) is 0 Å². The molecule has 7 heteroatoms. The second kappa shape index (κ2) is 6.50. The lowest BCUT2D eigenvalue weighted by Gasteiger charge is -2.39. The van der Waals surface area contributed by atoms with Gasteiger partial charge in [0.1, 0.15) is 0 Å². The summed E-state index contributed by atoms with van der Waals surface area (Å²) in [6, 6.07) is -0.221. The van der Waals surface area contributed by atoms with E-state index in [9.17, 15) is 18.0 Å². The second-order valence-corrected chi connectivity index (χ2v) is 6.51. The molecule has 1 saturated carbocycles. The van der Waals surface area contributed by atoms with Gasteiger partial charge in [0.25, 0.3) is 0 Å². The Morgan fingerprint density at radius 3 is 2.24 bits per heavy atom. The fourth-order valence-electron chi connectivity index (χ4n) is 3.39. The van der Waals surface area contributed by atoms with E-state index in [1.54, 1.807) is 4.90 Å². The summed E-state index contributed by atoms with van der Waals surface area (Å²) in [5.74, 6) is -1.62. The number of amides is 1. The molecule has 0 aromatic rings. The fourth-order valence-corrected chi connectivity index (χ4v) is 3.64. The Morgan fingerprint density at radius 2 is 1.71 bits per heavy atom. The Bertz CT molecular complexity index is 406. The molecule has 2 aliphatic rings. The highest BCUT2D eigenvalue weighted by atomic mass is 32.1. The minimum Gasteiger partial charge on any atom is -0.392 e. The standard InChI is InChI=1S/C14H21F3N2OS/c15-14(16,17)10-6-4-9(5-7-10)13(20)19-8-2-1-3-11(19)12(18)21/h9-11H,1-8H2,(H2,18,21). The summed E-state index contributed by atoms with van der Waals surface area (Å²) in [4.78, 5) is 14.6. The van der Waals surface area contributed by atoms with Crippen molar-refractivity contribution in [1.82, 2.24) is 4.90 Å². The summed E-state index contributed by atoms with van der Waals surface area (Å²) in [6.45, 7) is 0.611. The van der Waals surface area contributed by atoms with E-state index in [1.807, 2.05) is 0 Å². The van der Waals surface area contributed by atoms with Crippen LogP contribution in [0, 0.1) is 11.8 Å². The van der Waals surface area contributed by atoms with Crippen LogP contribution in [-0.4, -0.2) is 34.6 Å². The van der Waals surface area contributed by atoms with Crippen molar-refractivity contribution in [3.63, 3.8) is 0 Å². The lowest BCUT2D eigenvalue weighted by Crippen LogP contribution is -2.52. The van der Waals surface area contributed by atoms with Gasteiger partial charge in [-0.3, -0.25) is 4.79 Å². The van der Waals surface area contributed by atoms with Gasteiger partial charge in [0.15, 0.2) is 0 Å². The number of halogens is 3. The van der Waals surface area contributed by atoms with Gasteiger partial charge in [-0.15, -0.1) is 0 Å². The van der Waals surface area contributed by atoms with Crippen LogP contribution in [0.1, 0.15) is 44.9 Å². The van der Waals surface area contributed by atoms with Crippen LogP contribution >= 0.6 is 12.2 Å². The quantitative estimate of drug-likeness (QED) is 0.795. The van der Waals surface area contributed by atoms with Gasteiger partial charge in [0.05, 0.1) is 16.9 Å². The number of carbonyl (C=O) groups excluding carboxylic acids is 1. The molecule has 0 spiro atoms. The number of likely N-dealkylation sites (tertiary alicyclic amines) is 1. The molecule has 1 saturated heterocycles. The number of alkyl halides is 3. The Balaban J connectivity index is 1.96. The predicted octanol–water partition coefficient (Wildman–Crippen LogP) is 3.02.